The van der Waals surface area contributed by atoms with E-state index in [-0.39, 0.29) is 13.2 Å². The molecule has 15 heavy (non-hydrogen) atoms. The molecule has 80 valence electrons. The lowest BCUT2D eigenvalue weighted by molar-refractivity contribution is -0.163. The second kappa shape index (κ2) is 3.55. The third kappa shape index (κ3) is 1.37. The van der Waals surface area contributed by atoms with Gasteiger partial charge in [-0.2, -0.15) is 0 Å². The molecule has 1 aliphatic heterocycles. The second-order valence-corrected chi connectivity index (χ2v) is 3.58. The smallest absolute Gasteiger partial charge is 0.319 e. The average Bonchev–Trinajstić information content (AvgIpc) is 2.16. The van der Waals surface area contributed by atoms with Gasteiger partial charge in [-0.15, -0.1) is 0 Å². The van der Waals surface area contributed by atoms with Crippen LogP contribution in [0, 0.1) is 0 Å². The number of methoxy groups -OCH3 is 1. The largest absolute Gasteiger partial charge is 0.496 e. The molecule has 0 saturated carbocycles. The van der Waals surface area contributed by atoms with Crippen molar-refractivity contribution in [3.05, 3.63) is 29.8 Å². The SMILES string of the molecule is COc1ccccc1C1(C(=O)O)COC1. The predicted octanol–water partition coefficient (Wildman–Crippen LogP) is 1.05. The minimum absolute atomic E-state index is 0.211. The van der Waals surface area contributed by atoms with E-state index in [9.17, 15) is 9.90 Å². The van der Waals surface area contributed by atoms with Gasteiger partial charge >= 0.3 is 5.97 Å². The van der Waals surface area contributed by atoms with Gasteiger partial charge in [0.1, 0.15) is 11.2 Å². The highest BCUT2D eigenvalue weighted by Crippen LogP contribution is 2.37. The number of carboxylic acids is 1. The first-order valence-corrected chi connectivity index (χ1v) is 4.65. The highest BCUT2D eigenvalue weighted by atomic mass is 16.5. The van der Waals surface area contributed by atoms with Crippen LogP contribution in [0.3, 0.4) is 0 Å². The van der Waals surface area contributed by atoms with Gasteiger partial charge in [0.2, 0.25) is 0 Å². The fourth-order valence-corrected chi connectivity index (χ4v) is 1.74. The monoisotopic (exact) mass is 208 g/mol. The van der Waals surface area contributed by atoms with Crippen LogP contribution < -0.4 is 4.74 Å². The summed E-state index contributed by atoms with van der Waals surface area (Å²) in [5.41, 5.74) is -0.238. The van der Waals surface area contributed by atoms with Gasteiger partial charge in [0.05, 0.1) is 20.3 Å². The van der Waals surface area contributed by atoms with Crippen LogP contribution in [-0.2, 0) is 14.9 Å². The lowest BCUT2D eigenvalue weighted by Gasteiger charge is -2.38. The van der Waals surface area contributed by atoms with Crippen molar-refractivity contribution in [1.29, 1.82) is 0 Å². The van der Waals surface area contributed by atoms with Gasteiger partial charge in [0.25, 0.3) is 0 Å². The Bertz CT molecular complexity index is 382. The van der Waals surface area contributed by atoms with Gasteiger partial charge < -0.3 is 14.6 Å². The Kier molecular flexibility index (Phi) is 2.36. The molecule has 0 aromatic heterocycles. The third-order valence-electron chi connectivity index (χ3n) is 2.73. The van der Waals surface area contributed by atoms with E-state index in [4.69, 9.17) is 9.47 Å². The van der Waals surface area contributed by atoms with E-state index in [1.807, 2.05) is 6.07 Å². The van der Waals surface area contributed by atoms with Crippen molar-refractivity contribution in [3.8, 4) is 5.75 Å². The predicted molar refractivity (Wildman–Crippen MR) is 53.1 cm³/mol. The maximum Gasteiger partial charge on any atom is 0.319 e. The maximum absolute atomic E-state index is 11.2. The van der Waals surface area contributed by atoms with Crippen LogP contribution in [0.5, 0.6) is 5.75 Å². The lowest BCUT2D eigenvalue weighted by Crippen LogP contribution is -2.53. The van der Waals surface area contributed by atoms with Crippen molar-refractivity contribution >= 4 is 5.97 Å². The first kappa shape index (κ1) is 9.98. The van der Waals surface area contributed by atoms with Crippen LogP contribution in [-0.4, -0.2) is 31.4 Å². The number of aliphatic carboxylic acids is 1. The summed E-state index contributed by atoms with van der Waals surface area (Å²) in [6.45, 7) is 0.422. The van der Waals surface area contributed by atoms with Crippen molar-refractivity contribution < 1.29 is 19.4 Å². The number of para-hydroxylation sites is 1. The molecule has 0 amide bonds. The molecule has 0 bridgehead atoms. The number of benzene rings is 1. The maximum atomic E-state index is 11.2. The molecule has 1 fully saturated rings. The lowest BCUT2D eigenvalue weighted by atomic mass is 9.78. The molecule has 1 N–H and O–H groups in total. The Labute approximate surface area is 87.4 Å². The van der Waals surface area contributed by atoms with Crippen molar-refractivity contribution in [2.75, 3.05) is 20.3 Å². The summed E-state index contributed by atoms with van der Waals surface area (Å²) in [4.78, 5) is 11.2. The Balaban J connectivity index is 2.47. The first-order chi connectivity index (χ1) is 7.20. The zero-order valence-corrected chi connectivity index (χ0v) is 8.40. The molecule has 1 aromatic carbocycles. The Hall–Kier alpha value is -1.55. The summed E-state index contributed by atoms with van der Waals surface area (Å²) < 4.78 is 10.2. The summed E-state index contributed by atoms with van der Waals surface area (Å²) in [5, 5.41) is 9.22. The van der Waals surface area contributed by atoms with Gasteiger partial charge in [-0.05, 0) is 6.07 Å². The second-order valence-electron chi connectivity index (χ2n) is 3.58. The Morgan fingerprint density at radius 3 is 2.60 bits per heavy atom. The normalized spacial score (nSPS) is 17.9. The summed E-state index contributed by atoms with van der Waals surface area (Å²) in [7, 11) is 1.54. The van der Waals surface area contributed by atoms with Crippen molar-refractivity contribution in [2.24, 2.45) is 0 Å². The van der Waals surface area contributed by atoms with Gasteiger partial charge in [0.15, 0.2) is 0 Å². The number of hydrogen-bond acceptors (Lipinski definition) is 3. The fraction of sp³-hybridized carbons (Fsp3) is 0.364. The first-order valence-electron chi connectivity index (χ1n) is 4.65. The van der Waals surface area contributed by atoms with Crippen molar-refractivity contribution in [3.63, 3.8) is 0 Å². The molecular formula is C11H12O4. The van der Waals surface area contributed by atoms with Gasteiger partial charge in [-0.3, -0.25) is 4.79 Å². The van der Waals surface area contributed by atoms with Crippen LogP contribution in [0.25, 0.3) is 0 Å². The van der Waals surface area contributed by atoms with E-state index in [1.165, 1.54) is 7.11 Å². The van der Waals surface area contributed by atoms with Crippen LogP contribution in [0.15, 0.2) is 24.3 Å². The van der Waals surface area contributed by atoms with Crippen molar-refractivity contribution in [2.45, 2.75) is 5.41 Å². The fourth-order valence-electron chi connectivity index (χ4n) is 1.74. The molecule has 2 rings (SSSR count). The van der Waals surface area contributed by atoms with E-state index < -0.39 is 11.4 Å². The van der Waals surface area contributed by atoms with Crippen LogP contribution in [0.4, 0.5) is 0 Å². The van der Waals surface area contributed by atoms with E-state index in [1.54, 1.807) is 18.2 Å². The third-order valence-corrected chi connectivity index (χ3v) is 2.73. The number of carboxylic acid groups (broad SMARTS) is 1. The topological polar surface area (TPSA) is 55.8 Å². The molecule has 0 spiro atoms. The van der Waals surface area contributed by atoms with Crippen LogP contribution in [0.1, 0.15) is 5.56 Å². The van der Waals surface area contributed by atoms with Crippen LogP contribution in [0.2, 0.25) is 0 Å². The minimum atomic E-state index is -0.924. The number of hydrogen-bond donors (Lipinski definition) is 1. The molecular weight excluding hydrogens is 196 g/mol. The molecule has 4 heteroatoms. The molecule has 0 unspecified atom stereocenters. The highest BCUT2D eigenvalue weighted by molar-refractivity contribution is 5.84. The molecule has 4 nitrogen and oxygen atoms in total. The molecule has 1 heterocycles. The number of ether oxygens (including phenoxy) is 2. The Morgan fingerprint density at radius 2 is 2.13 bits per heavy atom. The molecule has 0 atom stereocenters. The minimum Gasteiger partial charge on any atom is -0.496 e. The summed E-state index contributed by atoms with van der Waals surface area (Å²) in [6.07, 6.45) is 0. The number of carbonyl (C=O) groups is 1. The summed E-state index contributed by atoms with van der Waals surface area (Å²) in [5.74, 6) is -0.263. The standard InChI is InChI=1S/C11H12O4/c1-14-9-5-3-2-4-8(9)11(10(12)13)6-15-7-11/h2-5H,6-7H2,1H3,(H,12,13). The van der Waals surface area contributed by atoms with E-state index in [0.717, 1.165) is 0 Å². The summed E-state index contributed by atoms with van der Waals surface area (Å²) in [6, 6.07) is 7.16. The molecule has 0 aliphatic carbocycles. The van der Waals surface area contributed by atoms with Gasteiger partial charge in [-0.1, -0.05) is 18.2 Å². The van der Waals surface area contributed by atoms with E-state index >= 15 is 0 Å². The zero-order valence-electron chi connectivity index (χ0n) is 8.40. The van der Waals surface area contributed by atoms with Crippen LogP contribution >= 0.6 is 0 Å². The molecule has 1 aromatic rings. The number of rotatable bonds is 3. The summed E-state index contributed by atoms with van der Waals surface area (Å²) >= 11 is 0. The zero-order chi connectivity index (χ0) is 10.9. The average molecular weight is 208 g/mol. The van der Waals surface area contributed by atoms with Gasteiger partial charge in [-0.25, -0.2) is 0 Å². The van der Waals surface area contributed by atoms with Gasteiger partial charge in [0, 0.05) is 5.56 Å². The van der Waals surface area contributed by atoms with Crippen molar-refractivity contribution in [1.82, 2.24) is 0 Å². The van der Waals surface area contributed by atoms with E-state index in [0.29, 0.717) is 11.3 Å². The van der Waals surface area contributed by atoms with E-state index in [2.05, 4.69) is 0 Å². The highest BCUT2D eigenvalue weighted by Gasteiger charge is 2.49. The molecule has 0 radical (unpaired) electrons. The molecule has 1 saturated heterocycles. The quantitative estimate of drug-likeness (QED) is 0.806. The Morgan fingerprint density at radius 1 is 1.47 bits per heavy atom. The molecule has 1 aliphatic rings.